The second-order valence-corrected chi connectivity index (χ2v) is 6.26. The van der Waals surface area contributed by atoms with Crippen LogP contribution in [0.4, 0.5) is 0 Å². The van der Waals surface area contributed by atoms with Gasteiger partial charge in [0.1, 0.15) is 11.5 Å². The summed E-state index contributed by atoms with van der Waals surface area (Å²) in [7, 11) is 0. The molecule has 0 radical (unpaired) electrons. The molecule has 0 aliphatic carbocycles. The molecule has 0 saturated heterocycles. The normalized spacial score (nSPS) is 12.3. The Morgan fingerprint density at radius 1 is 1.05 bits per heavy atom. The standard InChI is InChI=1S/C15H15Br2NO/c1-9-7-12(16)4-6-14(9)19-15-5-3-11(10(2)18)8-13(15)17/h3-8,10H,18H2,1-2H3. The van der Waals surface area contributed by atoms with Crippen molar-refractivity contribution in [2.24, 2.45) is 5.73 Å². The second-order valence-electron chi connectivity index (χ2n) is 4.49. The number of hydrogen-bond acceptors (Lipinski definition) is 2. The molecule has 0 bridgehead atoms. The van der Waals surface area contributed by atoms with Gasteiger partial charge in [-0.2, -0.15) is 0 Å². The smallest absolute Gasteiger partial charge is 0.141 e. The van der Waals surface area contributed by atoms with Gasteiger partial charge in [0.25, 0.3) is 0 Å². The van der Waals surface area contributed by atoms with Crippen LogP contribution in [0.1, 0.15) is 24.1 Å². The zero-order valence-electron chi connectivity index (χ0n) is 10.8. The molecule has 1 unspecified atom stereocenters. The van der Waals surface area contributed by atoms with E-state index >= 15 is 0 Å². The fourth-order valence-corrected chi connectivity index (χ4v) is 2.68. The molecule has 0 saturated carbocycles. The minimum atomic E-state index is 0.0137. The molecule has 0 aliphatic heterocycles. The van der Waals surface area contributed by atoms with E-state index < -0.39 is 0 Å². The number of rotatable bonds is 3. The van der Waals surface area contributed by atoms with Crippen LogP contribution in [0.2, 0.25) is 0 Å². The molecule has 19 heavy (non-hydrogen) atoms. The molecule has 2 rings (SSSR count). The van der Waals surface area contributed by atoms with Crippen molar-refractivity contribution in [3.05, 3.63) is 56.5 Å². The quantitative estimate of drug-likeness (QED) is 0.775. The van der Waals surface area contributed by atoms with Crippen molar-refractivity contribution in [1.29, 1.82) is 0 Å². The monoisotopic (exact) mass is 383 g/mol. The van der Waals surface area contributed by atoms with E-state index in [0.29, 0.717) is 0 Å². The first-order chi connectivity index (χ1) is 8.97. The lowest BCUT2D eigenvalue weighted by Crippen LogP contribution is -2.04. The van der Waals surface area contributed by atoms with Crippen molar-refractivity contribution in [2.75, 3.05) is 0 Å². The zero-order chi connectivity index (χ0) is 14.0. The molecule has 0 aromatic heterocycles. The third-order valence-corrected chi connectivity index (χ3v) is 3.95. The lowest BCUT2D eigenvalue weighted by atomic mass is 10.1. The lowest BCUT2D eigenvalue weighted by Gasteiger charge is -2.13. The Hall–Kier alpha value is -0.840. The Balaban J connectivity index is 2.28. The largest absolute Gasteiger partial charge is 0.456 e. The van der Waals surface area contributed by atoms with E-state index in [2.05, 4.69) is 31.9 Å². The molecule has 2 N–H and O–H groups in total. The van der Waals surface area contributed by atoms with Crippen molar-refractivity contribution < 1.29 is 4.74 Å². The van der Waals surface area contributed by atoms with Crippen LogP contribution in [-0.4, -0.2) is 0 Å². The average molecular weight is 385 g/mol. The summed E-state index contributed by atoms with van der Waals surface area (Å²) in [6.45, 7) is 3.98. The van der Waals surface area contributed by atoms with Crippen molar-refractivity contribution >= 4 is 31.9 Å². The molecule has 4 heteroatoms. The van der Waals surface area contributed by atoms with E-state index in [1.165, 1.54) is 0 Å². The summed E-state index contributed by atoms with van der Waals surface area (Å²) in [5, 5.41) is 0. The first-order valence-corrected chi connectivity index (χ1v) is 7.55. The molecule has 2 aromatic rings. The third-order valence-electron chi connectivity index (χ3n) is 2.84. The number of aryl methyl sites for hydroxylation is 1. The van der Waals surface area contributed by atoms with Gasteiger partial charge in [0.2, 0.25) is 0 Å². The lowest BCUT2D eigenvalue weighted by molar-refractivity contribution is 0.475. The topological polar surface area (TPSA) is 35.2 Å². The van der Waals surface area contributed by atoms with Gasteiger partial charge in [-0.3, -0.25) is 0 Å². The van der Waals surface area contributed by atoms with E-state index in [1.807, 2.05) is 50.2 Å². The minimum Gasteiger partial charge on any atom is -0.456 e. The van der Waals surface area contributed by atoms with Crippen LogP contribution in [0.3, 0.4) is 0 Å². The maximum absolute atomic E-state index is 5.92. The van der Waals surface area contributed by atoms with Gasteiger partial charge in [-0.1, -0.05) is 22.0 Å². The molecule has 0 amide bonds. The Kier molecular flexibility index (Phi) is 4.66. The molecular weight excluding hydrogens is 370 g/mol. The van der Waals surface area contributed by atoms with Crippen molar-refractivity contribution in [3.63, 3.8) is 0 Å². The van der Waals surface area contributed by atoms with Crippen molar-refractivity contribution in [2.45, 2.75) is 19.9 Å². The second kappa shape index (κ2) is 6.07. The number of halogens is 2. The fraction of sp³-hybridized carbons (Fsp3) is 0.200. The molecule has 2 aromatic carbocycles. The van der Waals surface area contributed by atoms with Crippen LogP contribution in [0, 0.1) is 6.92 Å². The van der Waals surface area contributed by atoms with Gasteiger partial charge in [0.15, 0.2) is 0 Å². The van der Waals surface area contributed by atoms with Crippen LogP contribution < -0.4 is 10.5 Å². The van der Waals surface area contributed by atoms with Gasteiger partial charge in [0.05, 0.1) is 4.47 Å². The van der Waals surface area contributed by atoms with Gasteiger partial charge in [0, 0.05) is 10.5 Å². The zero-order valence-corrected chi connectivity index (χ0v) is 14.0. The summed E-state index contributed by atoms with van der Waals surface area (Å²) in [5.41, 5.74) is 8.02. The Morgan fingerprint density at radius 3 is 2.32 bits per heavy atom. The number of hydrogen-bond donors (Lipinski definition) is 1. The average Bonchev–Trinajstić information content (AvgIpc) is 2.34. The van der Waals surface area contributed by atoms with E-state index in [1.54, 1.807) is 0 Å². The van der Waals surface area contributed by atoms with Crippen LogP contribution in [0.25, 0.3) is 0 Å². The summed E-state index contributed by atoms with van der Waals surface area (Å²) in [4.78, 5) is 0. The van der Waals surface area contributed by atoms with Crippen molar-refractivity contribution in [3.8, 4) is 11.5 Å². The van der Waals surface area contributed by atoms with Crippen LogP contribution >= 0.6 is 31.9 Å². The van der Waals surface area contributed by atoms with Gasteiger partial charge < -0.3 is 10.5 Å². The highest BCUT2D eigenvalue weighted by Gasteiger charge is 2.08. The predicted octanol–water partition coefficient (Wildman–Crippen LogP) is 5.33. The van der Waals surface area contributed by atoms with Crippen molar-refractivity contribution in [1.82, 2.24) is 0 Å². The van der Waals surface area contributed by atoms with Crippen LogP contribution in [0.5, 0.6) is 11.5 Å². The predicted molar refractivity (Wildman–Crippen MR) is 85.7 cm³/mol. The van der Waals surface area contributed by atoms with Crippen LogP contribution in [0.15, 0.2) is 45.3 Å². The SMILES string of the molecule is Cc1cc(Br)ccc1Oc1ccc(C(C)N)cc1Br. The first-order valence-electron chi connectivity index (χ1n) is 5.96. The molecular formula is C15H15Br2NO. The number of ether oxygens (including phenoxy) is 1. The highest BCUT2D eigenvalue weighted by Crippen LogP contribution is 2.33. The molecule has 0 heterocycles. The van der Waals surface area contributed by atoms with E-state index in [4.69, 9.17) is 10.5 Å². The Labute approximate surface area is 130 Å². The number of nitrogens with two attached hydrogens (primary N) is 1. The molecule has 0 spiro atoms. The molecule has 1 atom stereocenters. The summed E-state index contributed by atoms with van der Waals surface area (Å²) in [6, 6.07) is 11.9. The third kappa shape index (κ3) is 3.59. The summed E-state index contributed by atoms with van der Waals surface area (Å²) < 4.78 is 7.87. The summed E-state index contributed by atoms with van der Waals surface area (Å²) in [6.07, 6.45) is 0. The maximum atomic E-state index is 5.92. The van der Waals surface area contributed by atoms with Gasteiger partial charge in [-0.15, -0.1) is 0 Å². The van der Waals surface area contributed by atoms with Crippen LogP contribution in [-0.2, 0) is 0 Å². The summed E-state index contributed by atoms with van der Waals surface area (Å²) in [5.74, 6) is 1.63. The highest BCUT2D eigenvalue weighted by atomic mass is 79.9. The Morgan fingerprint density at radius 2 is 1.74 bits per heavy atom. The molecule has 2 nitrogen and oxygen atoms in total. The molecule has 0 fully saturated rings. The maximum Gasteiger partial charge on any atom is 0.141 e. The van der Waals surface area contributed by atoms with E-state index in [0.717, 1.165) is 31.6 Å². The minimum absolute atomic E-state index is 0.0137. The van der Waals surface area contributed by atoms with Gasteiger partial charge in [-0.05, 0) is 71.2 Å². The first kappa shape index (κ1) is 14.6. The highest BCUT2D eigenvalue weighted by molar-refractivity contribution is 9.10. The number of benzene rings is 2. The molecule has 100 valence electrons. The van der Waals surface area contributed by atoms with E-state index in [-0.39, 0.29) is 6.04 Å². The Bertz CT molecular complexity index is 597. The van der Waals surface area contributed by atoms with Gasteiger partial charge >= 0.3 is 0 Å². The molecule has 0 aliphatic rings. The fourth-order valence-electron chi connectivity index (χ4n) is 1.73. The summed E-state index contributed by atoms with van der Waals surface area (Å²) >= 11 is 6.97. The van der Waals surface area contributed by atoms with Gasteiger partial charge in [-0.25, -0.2) is 0 Å². The van der Waals surface area contributed by atoms with E-state index in [9.17, 15) is 0 Å².